The van der Waals surface area contributed by atoms with Crippen molar-refractivity contribution in [2.45, 2.75) is 19.8 Å². The Morgan fingerprint density at radius 1 is 1.13 bits per heavy atom. The normalized spacial score (nSPS) is 19.4. The third-order valence-electron chi connectivity index (χ3n) is 6.01. The molecule has 0 aliphatic carbocycles. The Labute approximate surface area is 186 Å². The number of aliphatic hydroxyl groups is 1. The Morgan fingerprint density at radius 3 is 2.55 bits per heavy atom. The number of methoxy groups -OCH3 is 1. The van der Waals surface area contributed by atoms with Crippen LogP contribution in [0, 0.1) is 12.8 Å². The highest BCUT2D eigenvalue weighted by atomic mass is 35.5. The van der Waals surface area contributed by atoms with E-state index in [2.05, 4.69) is 0 Å². The number of anilines is 1. The fourth-order valence-corrected chi connectivity index (χ4v) is 4.47. The molecule has 0 spiro atoms. The standard InChI is InChI=1S/C24H25ClN2O4/c1-15-19(25)6-3-7-20(15)27-23(29)21(17-8-10-18(31-2)11-9-17)22(24(27)30)26-12-4-5-16(13-26)14-28/h3,6-11,16,28H,4-5,12-14H2,1-2H3. The number of hydrogen-bond donors (Lipinski definition) is 1. The largest absolute Gasteiger partial charge is 0.497 e. The number of piperidine rings is 1. The van der Waals surface area contributed by atoms with Crippen LogP contribution in [0.5, 0.6) is 5.75 Å². The number of carbonyl (C=O) groups excluding carboxylic acids is 2. The van der Waals surface area contributed by atoms with Gasteiger partial charge in [0.25, 0.3) is 11.8 Å². The van der Waals surface area contributed by atoms with Crippen molar-refractivity contribution >= 4 is 34.7 Å². The zero-order chi connectivity index (χ0) is 22.1. The SMILES string of the molecule is COc1ccc(C2=C(N3CCCC(CO)C3)C(=O)N(c3cccc(Cl)c3C)C2=O)cc1. The van der Waals surface area contributed by atoms with Crippen LogP contribution in [0.3, 0.4) is 0 Å². The highest BCUT2D eigenvalue weighted by Gasteiger charge is 2.43. The molecule has 1 saturated heterocycles. The summed E-state index contributed by atoms with van der Waals surface area (Å²) in [5.41, 5.74) is 2.56. The van der Waals surface area contributed by atoms with Gasteiger partial charge in [0.2, 0.25) is 0 Å². The number of amides is 2. The Hall–Kier alpha value is -2.83. The van der Waals surface area contributed by atoms with Crippen molar-refractivity contribution in [3.8, 4) is 5.75 Å². The topological polar surface area (TPSA) is 70.1 Å². The van der Waals surface area contributed by atoms with Gasteiger partial charge in [-0.3, -0.25) is 9.59 Å². The van der Waals surface area contributed by atoms with Crippen molar-refractivity contribution in [2.24, 2.45) is 5.92 Å². The summed E-state index contributed by atoms with van der Waals surface area (Å²) < 4.78 is 5.24. The molecule has 0 bridgehead atoms. The lowest BCUT2D eigenvalue weighted by Crippen LogP contribution is -2.40. The molecule has 0 aromatic heterocycles. The van der Waals surface area contributed by atoms with Crippen LogP contribution in [-0.4, -0.2) is 48.6 Å². The third-order valence-corrected chi connectivity index (χ3v) is 6.42. The lowest BCUT2D eigenvalue weighted by Gasteiger charge is -2.34. The van der Waals surface area contributed by atoms with Gasteiger partial charge in [-0.25, -0.2) is 4.90 Å². The average Bonchev–Trinajstić information content (AvgIpc) is 3.05. The molecule has 1 fully saturated rings. The fourth-order valence-electron chi connectivity index (χ4n) is 4.30. The van der Waals surface area contributed by atoms with Crippen LogP contribution in [0.2, 0.25) is 5.02 Å². The van der Waals surface area contributed by atoms with Gasteiger partial charge in [-0.15, -0.1) is 0 Å². The van der Waals surface area contributed by atoms with Crippen LogP contribution in [0.25, 0.3) is 5.57 Å². The first kappa shape index (κ1) is 21.4. The Bertz CT molecular complexity index is 1050. The monoisotopic (exact) mass is 440 g/mol. The maximum absolute atomic E-state index is 13.7. The molecule has 2 heterocycles. The van der Waals surface area contributed by atoms with Crippen LogP contribution in [0.15, 0.2) is 48.2 Å². The number of ether oxygens (including phenoxy) is 1. The molecule has 2 aromatic rings. The van der Waals surface area contributed by atoms with Crippen LogP contribution in [0.4, 0.5) is 5.69 Å². The highest BCUT2D eigenvalue weighted by molar-refractivity contribution is 6.46. The fraction of sp³-hybridized carbons (Fsp3) is 0.333. The van der Waals surface area contributed by atoms with Crippen molar-refractivity contribution in [3.63, 3.8) is 0 Å². The lowest BCUT2D eigenvalue weighted by molar-refractivity contribution is -0.120. The first-order chi connectivity index (χ1) is 15.0. The molecule has 2 aliphatic rings. The van der Waals surface area contributed by atoms with E-state index < -0.39 is 0 Å². The summed E-state index contributed by atoms with van der Waals surface area (Å²) in [6, 6.07) is 12.3. The van der Waals surface area contributed by atoms with Gasteiger partial charge in [-0.05, 0) is 61.1 Å². The Kier molecular flexibility index (Phi) is 6.03. The lowest BCUT2D eigenvalue weighted by atomic mass is 9.97. The van der Waals surface area contributed by atoms with E-state index in [0.29, 0.717) is 51.9 Å². The van der Waals surface area contributed by atoms with E-state index in [9.17, 15) is 14.7 Å². The molecule has 7 heteroatoms. The average molecular weight is 441 g/mol. The summed E-state index contributed by atoms with van der Waals surface area (Å²) in [7, 11) is 1.58. The van der Waals surface area contributed by atoms with Gasteiger partial charge in [-0.1, -0.05) is 29.8 Å². The van der Waals surface area contributed by atoms with Crippen LogP contribution in [0.1, 0.15) is 24.0 Å². The summed E-state index contributed by atoms with van der Waals surface area (Å²) in [5, 5.41) is 10.2. The number of imide groups is 1. The second-order valence-corrected chi connectivity index (χ2v) is 8.33. The number of aliphatic hydroxyl groups excluding tert-OH is 1. The predicted octanol–water partition coefficient (Wildman–Crippen LogP) is 3.65. The molecule has 1 unspecified atom stereocenters. The van der Waals surface area contributed by atoms with E-state index in [4.69, 9.17) is 16.3 Å². The predicted molar refractivity (Wildman–Crippen MR) is 120 cm³/mol. The molecule has 31 heavy (non-hydrogen) atoms. The molecule has 6 nitrogen and oxygen atoms in total. The molecule has 0 saturated carbocycles. The second kappa shape index (κ2) is 8.73. The summed E-state index contributed by atoms with van der Waals surface area (Å²) in [5.74, 6) is 0.00758. The highest BCUT2D eigenvalue weighted by Crippen LogP contribution is 2.39. The maximum Gasteiger partial charge on any atom is 0.282 e. The van der Waals surface area contributed by atoms with Gasteiger partial charge in [0.05, 0.1) is 18.4 Å². The van der Waals surface area contributed by atoms with Crippen molar-refractivity contribution < 1.29 is 19.4 Å². The quantitative estimate of drug-likeness (QED) is 0.719. The van der Waals surface area contributed by atoms with Gasteiger partial charge >= 0.3 is 0 Å². The van der Waals surface area contributed by atoms with Gasteiger partial charge in [0, 0.05) is 24.7 Å². The zero-order valence-electron chi connectivity index (χ0n) is 17.6. The zero-order valence-corrected chi connectivity index (χ0v) is 18.4. The van der Waals surface area contributed by atoms with Crippen molar-refractivity contribution in [3.05, 3.63) is 64.3 Å². The van der Waals surface area contributed by atoms with E-state index in [-0.39, 0.29) is 24.3 Å². The Morgan fingerprint density at radius 2 is 1.87 bits per heavy atom. The molecular weight excluding hydrogens is 416 g/mol. The minimum absolute atomic E-state index is 0.0565. The van der Waals surface area contributed by atoms with E-state index in [1.165, 1.54) is 4.90 Å². The minimum atomic E-state index is -0.373. The maximum atomic E-state index is 13.7. The van der Waals surface area contributed by atoms with E-state index in [0.717, 1.165) is 12.8 Å². The second-order valence-electron chi connectivity index (χ2n) is 7.92. The molecule has 2 aliphatic heterocycles. The minimum Gasteiger partial charge on any atom is -0.497 e. The number of carbonyl (C=O) groups is 2. The number of nitrogens with zero attached hydrogens (tertiary/aromatic N) is 2. The molecule has 162 valence electrons. The molecular formula is C24H25ClN2O4. The van der Waals surface area contributed by atoms with Crippen LogP contribution >= 0.6 is 11.6 Å². The first-order valence-electron chi connectivity index (χ1n) is 10.3. The molecule has 1 N–H and O–H groups in total. The number of likely N-dealkylation sites (tertiary alicyclic amines) is 1. The van der Waals surface area contributed by atoms with Gasteiger partial charge in [0.1, 0.15) is 11.4 Å². The molecule has 2 aromatic carbocycles. The van der Waals surface area contributed by atoms with Crippen molar-refractivity contribution in [2.75, 3.05) is 31.7 Å². The number of halogens is 1. The van der Waals surface area contributed by atoms with Crippen molar-refractivity contribution in [1.29, 1.82) is 0 Å². The van der Waals surface area contributed by atoms with E-state index in [1.807, 2.05) is 4.90 Å². The van der Waals surface area contributed by atoms with Gasteiger partial charge < -0.3 is 14.7 Å². The van der Waals surface area contributed by atoms with E-state index in [1.54, 1.807) is 56.5 Å². The number of hydrogen-bond acceptors (Lipinski definition) is 5. The summed E-state index contributed by atoms with van der Waals surface area (Å²) in [6.45, 7) is 3.05. The number of rotatable bonds is 5. The summed E-state index contributed by atoms with van der Waals surface area (Å²) >= 11 is 6.28. The third kappa shape index (κ3) is 3.82. The smallest absolute Gasteiger partial charge is 0.282 e. The summed E-state index contributed by atoms with van der Waals surface area (Å²) in [6.07, 6.45) is 1.75. The van der Waals surface area contributed by atoms with Crippen molar-refractivity contribution in [1.82, 2.24) is 4.90 Å². The molecule has 2 amide bonds. The number of benzene rings is 2. The molecule has 4 rings (SSSR count). The summed E-state index contributed by atoms with van der Waals surface area (Å²) in [4.78, 5) is 30.5. The van der Waals surface area contributed by atoms with E-state index >= 15 is 0 Å². The Balaban J connectivity index is 1.83. The molecule has 1 atom stereocenters. The van der Waals surface area contributed by atoms with Crippen LogP contribution in [-0.2, 0) is 9.59 Å². The van der Waals surface area contributed by atoms with Gasteiger partial charge in [0.15, 0.2) is 0 Å². The molecule has 0 radical (unpaired) electrons. The van der Waals surface area contributed by atoms with Crippen LogP contribution < -0.4 is 9.64 Å². The first-order valence-corrected chi connectivity index (χ1v) is 10.7. The van der Waals surface area contributed by atoms with Gasteiger partial charge in [-0.2, -0.15) is 0 Å².